The predicted molar refractivity (Wildman–Crippen MR) is 377 cm³/mol. The first-order chi connectivity index (χ1) is 42.7. The lowest BCUT2D eigenvalue weighted by Crippen LogP contribution is -2.29. The minimum Gasteiger partial charge on any atom is -0.454 e. The highest BCUT2D eigenvalue weighted by Crippen LogP contribution is 2.63. The Morgan fingerprint density at radius 1 is 0.270 bits per heavy atom. The van der Waals surface area contributed by atoms with Gasteiger partial charge in [-0.25, -0.2) is 0 Å². The number of rotatable bonds is 8. The quantitative estimate of drug-likeness (QED) is 0.152. The first-order valence-corrected chi connectivity index (χ1v) is 31.7. The average molecular weight is 1160 g/mol. The number of hydrogen-bond donors (Lipinski definition) is 0. The summed E-state index contributed by atoms with van der Waals surface area (Å²) >= 11 is 0. The van der Waals surface area contributed by atoms with E-state index in [2.05, 4.69) is 336 Å². The number of furan rings is 2. The molecule has 89 heavy (non-hydrogen) atoms. The van der Waals surface area contributed by atoms with Gasteiger partial charge in [0.2, 0.25) is 0 Å². The number of benzene rings is 12. The van der Waals surface area contributed by atoms with E-state index in [1.54, 1.807) is 0 Å². The molecular weight excluding hydrogens is 1080 g/mol. The molecule has 14 aromatic rings. The molecule has 1 aliphatic rings. The number of nitrogens with zero attached hydrogens (tertiary/aromatic N) is 2. The molecule has 2 heterocycles. The molecule has 0 bridgehead atoms. The van der Waals surface area contributed by atoms with Crippen LogP contribution in [0.3, 0.4) is 0 Å². The zero-order valence-corrected chi connectivity index (χ0v) is 53.3. The van der Waals surface area contributed by atoms with Crippen LogP contribution >= 0.6 is 0 Å². The van der Waals surface area contributed by atoms with Gasteiger partial charge in [-0.15, -0.1) is 0 Å². The maximum atomic E-state index is 7.37. The van der Waals surface area contributed by atoms with Crippen molar-refractivity contribution in [3.05, 3.63) is 287 Å². The number of hydrogen-bond acceptors (Lipinski definition) is 4. The smallest absolute Gasteiger partial charge is 0.159 e. The summed E-state index contributed by atoms with van der Waals surface area (Å²) in [7, 11) is 0. The first kappa shape index (κ1) is 55.9. The highest BCUT2D eigenvalue weighted by Gasteiger charge is 2.49. The highest BCUT2D eigenvalue weighted by molar-refractivity contribution is 6.20. The fourth-order valence-electron chi connectivity index (χ4n) is 14.7. The van der Waals surface area contributed by atoms with Crippen LogP contribution in [-0.2, 0) is 27.1 Å². The molecule has 15 rings (SSSR count). The molecule has 0 N–H and O–H groups in total. The summed E-state index contributed by atoms with van der Waals surface area (Å²) < 4.78 is 14.7. The Bertz CT molecular complexity index is 4770. The van der Waals surface area contributed by atoms with Gasteiger partial charge in [-0.2, -0.15) is 0 Å². The van der Waals surface area contributed by atoms with Crippen LogP contribution in [0.25, 0.3) is 76.5 Å². The Labute approximate surface area is 523 Å². The Morgan fingerprint density at radius 3 is 0.933 bits per heavy atom. The molecule has 4 nitrogen and oxygen atoms in total. The van der Waals surface area contributed by atoms with Crippen molar-refractivity contribution >= 4 is 99.5 Å². The van der Waals surface area contributed by atoms with E-state index >= 15 is 0 Å². The van der Waals surface area contributed by atoms with Crippen LogP contribution in [-0.4, -0.2) is 0 Å². The van der Waals surface area contributed by atoms with E-state index in [0.717, 1.165) is 88.8 Å². The van der Waals surface area contributed by atoms with Crippen molar-refractivity contribution in [2.45, 2.75) is 110 Å². The van der Waals surface area contributed by atoms with E-state index in [1.165, 1.54) is 66.4 Å². The summed E-state index contributed by atoms with van der Waals surface area (Å²) in [5.74, 6) is 0. The van der Waals surface area contributed by atoms with Gasteiger partial charge in [0.1, 0.15) is 11.2 Å². The Balaban J connectivity index is 1.08. The third-order valence-electron chi connectivity index (χ3n) is 19.1. The summed E-state index contributed by atoms with van der Waals surface area (Å²) in [5, 5.41) is 9.03. The summed E-state index contributed by atoms with van der Waals surface area (Å²) in [4.78, 5) is 4.98. The van der Waals surface area contributed by atoms with Crippen molar-refractivity contribution in [1.82, 2.24) is 0 Å². The monoisotopic (exact) mass is 1160 g/mol. The molecule has 0 atom stereocenters. The van der Waals surface area contributed by atoms with Crippen LogP contribution in [0.1, 0.15) is 128 Å². The molecule has 0 amide bonds. The van der Waals surface area contributed by atoms with Crippen molar-refractivity contribution in [2.24, 2.45) is 0 Å². The van der Waals surface area contributed by atoms with Gasteiger partial charge in [-0.1, -0.05) is 277 Å². The lowest BCUT2D eigenvalue weighted by Gasteiger charge is -2.36. The molecule has 2 aromatic heterocycles. The molecule has 12 aromatic carbocycles. The van der Waals surface area contributed by atoms with Crippen molar-refractivity contribution in [3.63, 3.8) is 0 Å². The Kier molecular flexibility index (Phi) is 12.7. The van der Waals surface area contributed by atoms with E-state index < -0.39 is 5.41 Å². The molecule has 438 valence electrons. The third kappa shape index (κ3) is 8.76. The third-order valence-corrected chi connectivity index (χ3v) is 19.1. The molecule has 4 heteroatoms. The zero-order chi connectivity index (χ0) is 61.5. The second-order valence-corrected chi connectivity index (χ2v) is 28.9. The number of fused-ring (bicyclic) bond motifs is 13. The van der Waals surface area contributed by atoms with E-state index in [0.29, 0.717) is 0 Å². The van der Waals surface area contributed by atoms with Gasteiger partial charge in [0.25, 0.3) is 0 Å². The Morgan fingerprint density at radius 2 is 0.584 bits per heavy atom. The van der Waals surface area contributed by atoms with Crippen LogP contribution in [0.15, 0.2) is 251 Å². The van der Waals surface area contributed by atoms with Crippen molar-refractivity contribution in [2.75, 3.05) is 9.80 Å². The van der Waals surface area contributed by atoms with Gasteiger partial charge in [0.15, 0.2) is 11.2 Å². The minimum absolute atomic E-state index is 0.0517. The SMILES string of the molecule is CC(C)(C)c1ccc(N(c2cc3c(c4ccccc24)-c2c(cc(N(c4ccc(C(C)(C)C)cc4)c4cccc5c4oc4c(C(C)(C)C)cccc45)c4ccccc24)C3(c2ccccc2)c2ccccc2)c2cccc3c2oc2c(C(C)(C)C)cccc23)cc1. The van der Waals surface area contributed by atoms with Crippen LogP contribution in [0.5, 0.6) is 0 Å². The summed E-state index contributed by atoms with van der Waals surface area (Å²) in [6, 6.07) is 91.1. The summed E-state index contributed by atoms with van der Waals surface area (Å²) in [6.45, 7) is 27.4. The van der Waals surface area contributed by atoms with Gasteiger partial charge < -0.3 is 18.6 Å². The molecule has 0 saturated carbocycles. The van der Waals surface area contributed by atoms with Gasteiger partial charge >= 0.3 is 0 Å². The number of anilines is 6. The van der Waals surface area contributed by atoms with Crippen molar-refractivity contribution in [3.8, 4) is 11.1 Å². The van der Waals surface area contributed by atoms with Crippen LogP contribution in [0.2, 0.25) is 0 Å². The molecule has 0 radical (unpaired) electrons. The maximum Gasteiger partial charge on any atom is 0.159 e. The van der Waals surface area contributed by atoms with Crippen LogP contribution in [0, 0.1) is 0 Å². The van der Waals surface area contributed by atoms with Gasteiger partial charge in [-0.05, 0) is 125 Å². The van der Waals surface area contributed by atoms with Gasteiger partial charge in [-0.3, -0.25) is 0 Å². The highest BCUT2D eigenvalue weighted by atomic mass is 16.3. The van der Waals surface area contributed by atoms with Crippen molar-refractivity contribution in [1.29, 1.82) is 0 Å². The van der Waals surface area contributed by atoms with Crippen molar-refractivity contribution < 1.29 is 8.83 Å². The minimum atomic E-state index is -0.853. The van der Waals surface area contributed by atoms with E-state index in [-0.39, 0.29) is 21.7 Å². The molecule has 0 saturated heterocycles. The van der Waals surface area contributed by atoms with Gasteiger partial charge in [0.05, 0.1) is 28.2 Å². The zero-order valence-electron chi connectivity index (χ0n) is 53.3. The lowest BCUT2D eigenvalue weighted by molar-refractivity contribution is 0.572. The number of para-hydroxylation sites is 4. The summed E-state index contributed by atoms with van der Waals surface area (Å²) in [6.07, 6.45) is 0. The first-order valence-electron chi connectivity index (χ1n) is 31.7. The Hall–Kier alpha value is -9.64. The molecular formula is C85H76N2O2. The fourth-order valence-corrected chi connectivity index (χ4v) is 14.7. The normalized spacial score (nSPS) is 13.5. The largest absolute Gasteiger partial charge is 0.454 e. The van der Waals surface area contributed by atoms with E-state index in [9.17, 15) is 0 Å². The molecule has 0 unspecified atom stereocenters. The lowest BCUT2D eigenvalue weighted by atomic mass is 9.67. The topological polar surface area (TPSA) is 32.8 Å². The van der Waals surface area contributed by atoms with Crippen LogP contribution < -0.4 is 9.80 Å². The second kappa shape index (κ2) is 20.2. The second-order valence-electron chi connectivity index (χ2n) is 28.9. The standard InChI is InChI=1S/C85H76N2O2/c1-81(2,3)53-43-47-57(48-44-53)86(71-41-25-37-65-63-35-23-39-67(83(7,8)9)77(63)88-79(65)71)73-51-69-75(61-33-21-19-31-59(61)73)76-62-34-22-20-32-60(62)74(52-70(76)85(69,55-27-15-13-16-28-55)56-29-17-14-18-30-56)87(58-49-45-54(46-50-58)82(4,5)6)72-42-26-38-66-64-36-24-40-68(84(10,11)12)78(64)89-80(66)72/h13-52H,1-12H3. The molecule has 0 fully saturated rings. The maximum absolute atomic E-state index is 7.37. The van der Waals surface area contributed by atoms with E-state index in [4.69, 9.17) is 8.83 Å². The molecule has 1 aliphatic carbocycles. The predicted octanol–water partition coefficient (Wildman–Crippen LogP) is 24.3. The molecule has 0 spiro atoms. The molecule has 0 aliphatic heterocycles. The van der Waals surface area contributed by atoms with Gasteiger partial charge in [0, 0.05) is 54.8 Å². The summed E-state index contributed by atoms with van der Waals surface area (Å²) in [5.41, 5.74) is 20.6. The fraction of sp³-hybridized carbons (Fsp3) is 0.200. The van der Waals surface area contributed by atoms with Crippen LogP contribution in [0.4, 0.5) is 34.1 Å². The average Bonchev–Trinajstić information content (AvgIpc) is 1.52. The van der Waals surface area contributed by atoms with E-state index in [1.807, 2.05) is 0 Å².